The number of carbonyl (C=O) groups excluding carboxylic acids is 1. The molecular formula is C24H23F3N6O2. The van der Waals surface area contributed by atoms with Crippen molar-refractivity contribution in [3.05, 3.63) is 40.8 Å². The molecule has 1 aliphatic carbocycles. The minimum absolute atomic E-state index is 0.0524. The fraction of sp³-hybridized carbons (Fsp3) is 0.417. The van der Waals surface area contributed by atoms with Gasteiger partial charge in [-0.25, -0.2) is 4.98 Å². The fourth-order valence-corrected chi connectivity index (χ4v) is 5.34. The van der Waals surface area contributed by atoms with E-state index in [0.717, 1.165) is 29.4 Å². The maximum Gasteiger partial charge on any atom is 0.433 e. The van der Waals surface area contributed by atoms with Gasteiger partial charge in [0.2, 0.25) is 0 Å². The van der Waals surface area contributed by atoms with E-state index in [2.05, 4.69) is 20.4 Å². The highest BCUT2D eigenvalue weighted by Gasteiger charge is 2.37. The van der Waals surface area contributed by atoms with Gasteiger partial charge in [-0.15, -0.1) is 0 Å². The maximum atomic E-state index is 13.7. The van der Waals surface area contributed by atoms with E-state index in [1.54, 1.807) is 17.0 Å². The van der Waals surface area contributed by atoms with Crippen LogP contribution in [0.3, 0.4) is 0 Å². The van der Waals surface area contributed by atoms with Gasteiger partial charge in [0.25, 0.3) is 5.91 Å². The van der Waals surface area contributed by atoms with E-state index in [0.29, 0.717) is 60.3 Å². The van der Waals surface area contributed by atoms with Crippen LogP contribution in [0, 0.1) is 0 Å². The third kappa shape index (κ3) is 3.56. The van der Waals surface area contributed by atoms with Gasteiger partial charge in [-0.1, -0.05) is 0 Å². The number of hydrogen-bond acceptors (Lipinski definition) is 5. The molecule has 182 valence electrons. The van der Waals surface area contributed by atoms with Crippen molar-refractivity contribution in [2.75, 3.05) is 19.7 Å². The Hall–Kier alpha value is -3.47. The lowest BCUT2D eigenvalue weighted by Gasteiger charge is -2.30. The van der Waals surface area contributed by atoms with Crippen LogP contribution in [0.15, 0.2) is 18.3 Å². The van der Waals surface area contributed by atoms with E-state index in [-0.39, 0.29) is 17.6 Å². The third-order valence-electron chi connectivity index (χ3n) is 6.90. The van der Waals surface area contributed by atoms with Crippen molar-refractivity contribution in [2.24, 2.45) is 0 Å². The number of amides is 1. The number of alkyl halides is 3. The molecule has 1 fully saturated rings. The van der Waals surface area contributed by atoms with Gasteiger partial charge >= 0.3 is 6.18 Å². The molecule has 1 aromatic carbocycles. The number of aromatic nitrogens is 5. The predicted octanol–water partition coefficient (Wildman–Crippen LogP) is 4.26. The van der Waals surface area contributed by atoms with Crippen molar-refractivity contribution >= 4 is 27.7 Å². The molecule has 1 atom stereocenters. The van der Waals surface area contributed by atoms with Crippen LogP contribution in [0.2, 0.25) is 0 Å². The van der Waals surface area contributed by atoms with E-state index < -0.39 is 11.9 Å². The summed E-state index contributed by atoms with van der Waals surface area (Å²) in [6.45, 7) is 3.33. The number of pyridine rings is 1. The Morgan fingerprint density at radius 1 is 1.14 bits per heavy atom. The molecule has 0 radical (unpaired) electrons. The molecule has 4 heterocycles. The standard InChI is InChI=1S/C24H23F3N6O2/c1-12-11-33(8-9-35-12)23(34)21-19-17(30-31-21)7-6-16-18(19)13-4-2-3-5-14(13)20(29-16)15-10-28-32-22(15)24(25,26)27/h6-7,10,12H,2-5,8-9,11H2,1H3,(H,28,32)(H,30,31)/t12-/m1/s1. The van der Waals surface area contributed by atoms with E-state index in [1.165, 1.54) is 6.20 Å². The van der Waals surface area contributed by atoms with Crippen LogP contribution in [-0.2, 0) is 23.8 Å². The minimum Gasteiger partial charge on any atom is -0.375 e. The highest BCUT2D eigenvalue weighted by molar-refractivity contribution is 6.17. The van der Waals surface area contributed by atoms with Gasteiger partial charge in [-0.05, 0) is 55.9 Å². The normalized spacial score (nSPS) is 18.9. The molecule has 0 bridgehead atoms. The zero-order chi connectivity index (χ0) is 24.3. The molecule has 0 spiro atoms. The summed E-state index contributed by atoms with van der Waals surface area (Å²) in [6.07, 6.45) is -0.400. The summed E-state index contributed by atoms with van der Waals surface area (Å²) >= 11 is 0. The topological polar surface area (TPSA) is 99.8 Å². The quantitative estimate of drug-likeness (QED) is 0.443. The van der Waals surface area contributed by atoms with Crippen molar-refractivity contribution in [3.8, 4) is 11.3 Å². The number of hydrogen-bond donors (Lipinski definition) is 2. The van der Waals surface area contributed by atoms with Crippen molar-refractivity contribution in [1.82, 2.24) is 30.3 Å². The Morgan fingerprint density at radius 2 is 1.94 bits per heavy atom. The number of morpholine rings is 1. The molecule has 1 aliphatic heterocycles. The summed E-state index contributed by atoms with van der Waals surface area (Å²) < 4.78 is 46.6. The second-order valence-corrected chi connectivity index (χ2v) is 9.17. The first-order valence-electron chi connectivity index (χ1n) is 11.7. The lowest BCUT2D eigenvalue weighted by Crippen LogP contribution is -2.44. The van der Waals surface area contributed by atoms with Crippen molar-refractivity contribution in [2.45, 2.75) is 44.9 Å². The summed E-state index contributed by atoms with van der Waals surface area (Å²) in [5.74, 6) is -0.193. The lowest BCUT2D eigenvalue weighted by molar-refractivity contribution is -0.140. The number of halogens is 3. The first kappa shape index (κ1) is 22.0. The van der Waals surface area contributed by atoms with Gasteiger partial charge in [0.15, 0.2) is 5.69 Å². The molecule has 3 aromatic heterocycles. The molecule has 35 heavy (non-hydrogen) atoms. The summed E-state index contributed by atoms with van der Waals surface area (Å²) in [4.78, 5) is 19.9. The molecule has 0 unspecified atom stereocenters. The molecule has 0 saturated carbocycles. The first-order valence-corrected chi connectivity index (χ1v) is 11.7. The largest absolute Gasteiger partial charge is 0.433 e. The minimum atomic E-state index is -4.58. The van der Waals surface area contributed by atoms with Gasteiger partial charge in [-0.2, -0.15) is 23.4 Å². The first-order chi connectivity index (χ1) is 16.8. The molecule has 8 nitrogen and oxygen atoms in total. The van der Waals surface area contributed by atoms with E-state index in [1.807, 2.05) is 6.92 Å². The molecule has 11 heteroatoms. The van der Waals surface area contributed by atoms with Gasteiger partial charge in [0, 0.05) is 23.9 Å². The Labute approximate surface area is 197 Å². The van der Waals surface area contributed by atoms with Crippen molar-refractivity contribution in [3.63, 3.8) is 0 Å². The smallest absolute Gasteiger partial charge is 0.375 e. The zero-order valence-electron chi connectivity index (χ0n) is 19.0. The third-order valence-corrected chi connectivity index (χ3v) is 6.90. The summed E-state index contributed by atoms with van der Waals surface area (Å²) in [6, 6.07) is 3.54. The van der Waals surface area contributed by atoms with Crippen LogP contribution in [-0.4, -0.2) is 62.0 Å². The maximum absolute atomic E-state index is 13.7. The highest BCUT2D eigenvalue weighted by Crippen LogP contribution is 2.42. The number of H-pyrrole nitrogens is 2. The number of carbonyl (C=O) groups is 1. The molecule has 4 aromatic rings. The van der Waals surface area contributed by atoms with Gasteiger partial charge in [-0.3, -0.25) is 15.0 Å². The Kier molecular flexibility index (Phi) is 5.06. The predicted molar refractivity (Wildman–Crippen MR) is 122 cm³/mol. The molecule has 1 saturated heterocycles. The average Bonchev–Trinajstić information content (AvgIpc) is 3.50. The van der Waals surface area contributed by atoms with Gasteiger partial charge in [0.05, 0.1) is 41.2 Å². The number of benzene rings is 1. The number of ether oxygens (including phenoxy) is 1. The highest BCUT2D eigenvalue weighted by atomic mass is 19.4. The average molecular weight is 484 g/mol. The molecule has 6 rings (SSSR count). The van der Waals surface area contributed by atoms with Crippen LogP contribution in [0.4, 0.5) is 13.2 Å². The van der Waals surface area contributed by atoms with Gasteiger partial charge < -0.3 is 9.64 Å². The number of rotatable bonds is 2. The van der Waals surface area contributed by atoms with Crippen molar-refractivity contribution in [1.29, 1.82) is 0 Å². The number of aromatic amines is 2. The molecule has 2 N–H and O–H groups in total. The summed E-state index contributed by atoms with van der Waals surface area (Å²) in [7, 11) is 0. The van der Waals surface area contributed by atoms with Crippen LogP contribution < -0.4 is 0 Å². The van der Waals surface area contributed by atoms with Crippen LogP contribution in [0.5, 0.6) is 0 Å². The summed E-state index contributed by atoms with van der Waals surface area (Å²) in [5, 5.41) is 14.6. The Balaban J connectivity index is 1.59. The van der Waals surface area contributed by atoms with E-state index in [4.69, 9.17) is 9.72 Å². The molecular weight excluding hydrogens is 461 g/mol. The zero-order valence-corrected chi connectivity index (χ0v) is 19.0. The number of nitrogens with one attached hydrogen (secondary N) is 2. The van der Waals surface area contributed by atoms with Crippen LogP contribution >= 0.6 is 0 Å². The van der Waals surface area contributed by atoms with Crippen LogP contribution in [0.1, 0.15) is 47.1 Å². The lowest BCUT2D eigenvalue weighted by atomic mass is 9.85. The fourth-order valence-electron chi connectivity index (χ4n) is 5.34. The Morgan fingerprint density at radius 3 is 2.71 bits per heavy atom. The number of aryl methyl sites for hydroxylation is 1. The number of fused-ring (bicyclic) bond motifs is 5. The molecule has 1 amide bonds. The monoisotopic (exact) mass is 484 g/mol. The number of nitrogens with zero attached hydrogens (tertiary/aromatic N) is 4. The van der Waals surface area contributed by atoms with Crippen LogP contribution in [0.25, 0.3) is 33.1 Å². The van der Waals surface area contributed by atoms with E-state index in [9.17, 15) is 18.0 Å². The van der Waals surface area contributed by atoms with Gasteiger partial charge in [0.1, 0.15) is 5.69 Å². The second kappa shape index (κ2) is 8.04. The summed E-state index contributed by atoms with van der Waals surface area (Å²) in [5.41, 5.74) is 2.59. The Bertz CT molecular complexity index is 1460. The van der Waals surface area contributed by atoms with Crippen molar-refractivity contribution < 1.29 is 22.7 Å². The molecule has 2 aliphatic rings. The van der Waals surface area contributed by atoms with E-state index >= 15 is 0 Å². The SMILES string of the molecule is C[C@@H]1CN(C(=O)c2n[nH]c3ccc4nc(-c5cn[nH]c5C(F)(F)F)c5c(c4c23)CCCC5)CCO1. The second-order valence-electron chi connectivity index (χ2n) is 9.17.